The fraction of sp³-hybridized carbons (Fsp3) is 0.667. The molecule has 1 aliphatic rings. The van der Waals surface area contributed by atoms with Crippen LogP contribution in [0.4, 0.5) is 0 Å². The molecule has 1 unspecified atom stereocenters. The van der Waals surface area contributed by atoms with Crippen LogP contribution in [0.5, 0.6) is 0 Å². The van der Waals surface area contributed by atoms with Crippen molar-refractivity contribution in [2.45, 2.75) is 32.1 Å². The van der Waals surface area contributed by atoms with Gasteiger partial charge in [0.05, 0.1) is 12.0 Å². The van der Waals surface area contributed by atoms with E-state index in [1.807, 2.05) is 19.1 Å². The molecule has 5 heteroatoms. The summed E-state index contributed by atoms with van der Waals surface area (Å²) in [5.41, 5.74) is 0. The van der Waals surface area contributed by atoms with Gasteiger partial charge in [-0.15, -0.1) is 0 Å². The van der Waals surface area contributed by atoms with Gasteiger partial charge in [-0.3, -0.25) is 0 Å². The van der Waals surface area contributed by atoms with Crippen LogP contribution in [0, 0.1) is 0 Å². The largest absolute Gasteiger partial charge is 0.469 e. The van der Waals surface area contributed by atoms with Gasteiger partial charge in [-0.25, -0.2) is 12.7 Å². The minimum atomic E-state index is -3.05. The van der Waals surface area contributed by atoms with Gasteiger partial charge in [0.2, 0.25) is 10.0 Å². The summed E-state index contributed by atoms with van der Waals surface area (Å²) >= 11 is 0. The zero-order valence-corrected chi connectivity index (χ0v) is 10.9. The average Bonchev–Trinajstić information content (AvgIpc) is 2.95. The van der Waals surface area contributed by atoms with E-state index in [1.165, 1.54) is 0 Å². The predicted molar refractivity (Wildman–Crippen MR) is 66.3 cm³/mol. The molecule has 0 saturated carbocycles. The summed E-state index contributed by atoms with van der Waals surface area (Å²) in [6.07, 6.45) is 4.15. The van der Waals surface area contributed by atoms with E-state index >= 15 is 0 Å². The van der Waals surface area contributed by atoms with Crippen molar-refractivity contribution < 1.29 is 12.8 Å². The van der Waals surface area contributed by atoms with Crippen LogP contribution in [0.25, 0.3) is 0 Å². The second-order valence-electron chi connectivity index (χ2n) is 4.53. The van der Waals surface area contributed by atoms with Crippen molar-refractivity contribution in [2.24, 2.45) is 0 Å². The first-order valence-electron chi connectivity index (χ1n) is 6.14. The van der Waals surface area contributed by atoms with Crippen molar-refractivity contribution >= 4 is 10.0 Å². The molecule has 0 bridgehead atoms. The van der Waals surface area contributed by atoms with Gasteiger partial charge in [0.25, 0.3) is 0 Å². The Labute approximate surface area is 103 Å². The van der Waals surface area contributed by atoms with E-state index in [1.54, 1.807) is 10.6 Å². The van der Waals surface area contributed by atoms with Crippen LogP contribution in [-0.4, -0.2) is 31.6 Å². The maximum Gasteiger partial charge on any atom is 0.214 e. The molecule has 1 atom stereocenters. The molecule has 17 heavy (non-hydrogen) atoms. The molecule has 1 fully saturated rings. The summed E-state index contributed by atoms with van der Waals surface area (Å²) < 4.78 is 30.9. The number of hydrogen-bond acceptors (Lipinski definition) is 3. The average molecular weight is 257 g/mol. The quantitative estimate of drug-likeness (QED) is 0.812. The van der Waals surface area contributed by atoms with Crippen molar-refractivity contribution in [2.75, 3.05) is 18.8 Å². The molecule has 2 heterocycles. The molecule has 0 amide bonds. The zero-order valence-electron chi connectivity index (χ0n) is 10.1. The number of furan rings is 1. The van der Waals surface area contributed by atoms with Gasteiger partial charge >= 0.3 is 0 Å². The third-order valence-electron chi connectivity index (χ3n) is 3.25. The lowest BCUT2D eigenvalue weighted by Gasteiger charge is -2.15. The fourth-order valence-electron chi connectivity index (χ4n) is 2.19. The van der Waals surface area contributed by atoms with E-state index in [9.17, 15) is 8.42 Å². The van der Waals surface area contributed by atoms with Gasteiger partial charge in [-0.1, -0.05) is 13.3 Å². The van der Waals surface area contributed by atoms with E-state index < -0.39 is 10.0 Å². The molecule has 96 valence electrons. The molecule has 1 aromatic rings. The van der Waals surface area contributed by atoms with Gasteiger partial charge in [0.1, 0.15) is 5.76 Å². The molecule has 2 rings (SSSR count). The molecular formula is C12H19NO3S. The Balaban J connectivity index is 1.98. The van der Waals surface area contributed by atoms with Crippen LogP contribution in [0.2, 0.25) is 0 Å². The highest BCUT2D eigenvalue weighted by atomic mass is 32.2. The normalized spacial score (nSPS) is 22.1. The first-order chi connectivity index (χ1) is 8.13. The molecule has 0 aromatic carbocycles. The highest BCUT2D eigenvalue weighted by Gasteiger charge is 2.32. The summed E-state index contributed by atoms with van der Waals surface area (Å²) in [5, 5.41) is 0. The van der Waals surface area contributed by atoms with E-state index in [0.717, 1.165) is 25.0 Å². The lowest BCUT2D eigenvalue weighted by atomic mass is 10.1. The molecule has 1 aromatic heterocycles. The van der Waals surface area contributed by atoms with Crippen LogP contribution in [-0.2, 0) is 10.0 Å². The van der Waals surface area contributed by atoms with Crippen molar-refractivity contribution in [1.82, 2.24) is 4.31 Å². The van der Waals surface area contributed by atoms with E-state index in [2.05, 4.69) is 0 Å². The molecule has 0 aliphatic carbocycles. The van der Waals surface area contributed by atoms with E-state index in [4.69, 9.17) is 4.42 Å². The lowest BCUT2D eigenvalue weighted by molar-refractivity contribution is 0.444. The van der Waals surface area contributed by atoms with Gasteiger partial charge in [-0.2, -0.15) is 0 Å². The molecule has 1 aliphatic heterocycles. The Bertz CT molecular complexity index is 438. The Morgan fingerprint density at radius 3 is 3.00 bits per heavy atom. The summed E-state index contributed by atoms with van der Waals surface area (Å²) in [6.45, 7) is 3.20. The van der Waals surface area contributed by atoms with Crippen molar-refractivity contribution in [3.8, 4) is 0 Å². The van der Waals surface area contributed by atoms with Crippen molar-refractivity contribution in [1.29, 1.82) is 0 Å². The van der Waals surface area contributed by atoms with E-state index in [-0.39, 0.29) is 11.7 Å². The number of sulfonamides is 1. The molecule has 1 saturated heterocycles. The zero-order chi connectivity index (χ0) is 12.3. The molecule has 0 N–H and O–H groups in total. The second-order valence-corrected chi connectivity index (χ2v) is 6.62. The molecule has 4 nitrogen and oxygen atoms in total. The van der Waals surface area contributed by atoms with Crippen LogP contribution >= 0.6 is 0 Å². The number of unbranched alkanes of at least 4 members (excludes halogenated alkanes) is 1. The second kappa shape index (κ2) is 5.23. The third kappa shape index (κ3) is 2.90. The van der Waals surface area contributed by atoms with Gasteiger partial charge in [0, 0.05) is 19.0 Å². The Morgan fingerprint density at radius 1 is 1.53 bits per heavy atom. The fourth-order valence-corrected chi connectivity index (χ4v) is 3.89. The van der Waals surface area contributed by atoms with Gasteiger partial charge in [-0.05, 0) is 25.0 Å². The maximum atomic E-state index is 12.0. The predicted octanol–water partition coefficient (Wildman–Crippen LogP) is 2.20. The number of hydrogen-bond donors (Lipinski definition) is 0. The Morgan fingerprint density at radius 2 is 2.35 bits per heavy atom. The van der Waals surface area contributed by atoms with Crippen LogP contribution in [0.3, 0.4) is 0 Å². The minimum Gasteiger partial charge on any atom is -0.469 e. The maximum absolute atomic E-state index is 12.0. The van der Waals surface area contributed by atoms with Crippen LogP contribution in [0.15, 0.2) is 22.8 Å². The number of nitrogens with zero attached hydrogens (tertiary/aromatic N) is 1. The number of rotatable bonds is 5. The van der Waals surface area contributed by atoms with Crippen molar-refractivity contribution in [3.63, 3.8) is 0 Å². The van der Waals surface area contributed by atoms with Crippen molar-refractivity contribution in [3.05, 3.63) is 24.2 Å². The van der Waals surface area contributed by atoms with Gasteiger partial charge < -0.3 is 4.42 Å². The minimum absolute atomic E-state index is 0.224. The first kappa shape index (κ1) is 12.6. The molecule has 0 spiro atoms. The summed E-state index contributed by atoms with van der Waals surface area (Å²) in [6, 6.07) is 3.77. The topological polar surface area (TPSA) is 50.5 Å². The summed E-state index contributed by atoms with van der Waals surface area (Å²) in [7, 11) is -3.05. The Kier molecular flexibility index (Phi) is 3.89. The third-order valence-corrected chi connectivity index (χ3v) is 5.17. The smallest absolute Gasteiger partial charge is 0.214 e. The van der Waals surface area contributed by atoms with Gasteiger partial charge in [0.15, 0.2) is 0 Å². The van der Waals surface area contributed by atoms with Crippen LogP contribution < -0.4 is 0 Å². The molecular weight excluding hydrogens is 238 g/mol. The van der Waals surface area contributed by atoms with E-state index in [0.29, 0.717) is 13.1 Å². The lowest BCUT2D eigenvalue weighted by Crippen LogP contribution is -2.30. The summed E-state index contributed by atoms with van der Waals surface area (Å²) in [4.78, 5) is 0. The monoisotopic (exact) mass is 257 g/mol. The first-order valence-corrected chi connectivity index (χ1v) is 7.75. The molecule has 0 radical (unpaired) electrons. The SMILES string of the molecule is CCCCS(=O)(=O)N1CCC(c2ccco2)C1. The summed E-state index contributed by atoms with van der Waals surface area (Å²) in [5.74, 6) is 1.40. The standard InChI is InChI=1S/C12H19NO3S/c1-2-3-9-17(14,15)13-7-6-11(10-13)12-5-4-8-16-12/h4-5,8,11H,2-3,6-7,9-10H2,1H3. The van der Waals surface area contributed by atoms with Crippen LogP contribution in [0.1, 0.15) is 37.9 Å². The highest BCUT2D eigenvalue weighted by molar-refractivity contribution is 7.89. The highest BCUT2D eigenvalue weighted by Crippen LogP contribution is 2.29. The Hall–Kier alpha value is -0.810.